The third kappa shape index (κ3) is 8.28. The Hall–Kier alpha value is -0.940. The number of allylic oxidation sites excluding steroid dienone is 1. The molecule has 0 aromatic carbocycles. The fourth-order valence-electron chi connectivity index (χ4n) is 13.6. The minimum absolute atomic E-state index is 0.0365. The van der Waals surface area contributed by atoms with Crippen LogP contribution < -0.4 is 0 Å². The SMILES string of the molecule is CC(CO)CCC1OC2CC3C4CC=C5CC(OC6OC(CO)C(OC7OC(CO)C(O)C(O)C7O)C(O)C6OC6OC(C)C(O)C(O)C6O)CCC5(C)C4CCC3(C)C2C1C. The lowest BCUT2D eigenvalue weighted by atomic mass is 9.47. The summed E-state index contributed by atoms with van der Waals surface area (Å²) in [5, 5.41) is 105. The average Bonchev–Trinajstić information content (AvgIpc) is 3.74. The van der Waals surface area contributed by atoms with Gasteiger partial charge in [0, 0.05) is 6.61 Å². The highest BCUT2D eigenvalue weighted by atomic mass is 16.8. The summed E-state index contributed by atoms with van der Waals surface area (Å²) in [5.74, 6) is 2.93. The zero-order valence-electron chi connectivity index (χ0n) is 36.7. The average molecular weight is 887 g/mol. The molecule has 7 fully saturated rings. The monoisotopic (exact) mass is 886 g/mol. The fourth-order valence-corrected chi connectivity index (χ4v) is 13.6. The molecule has 4 aliphatic heterocycles. The van der Waals surface area contributed by atoms with E-state index in [2.05, 4.69) is 33.8 Å². The molecule has 4 saturated heterocycles. The van der Waals surface area contributed by atoms with Crippen LogP contribution in [0.5, 0.6) is 0 Å². The molecule has 8 aliphatic rings. The Morgan fingerprint density at radius 1 is 0.694 bits per heavy atom. The van der Waals surface area contributed by atoms with Crippen LogP contribution in [0.3, 0.4) is 0 Å². The molecule has 0 bridgehead atoms. The van der Waals surface area contributed by atoms with Crippen LogP contribution in [0.25, 0.3) is 0 Å². The van der Waals surface area contributed by atoms with Crippen LogP contribution in [0, 0.1) is 46.3 Å². The van der Waals surface area contributed by atoms with Gasteiger partial charge in [0.2, 0.25) is 0 Å². The van der Waals surface area contributed by atoms with Crippen molar-refractivity contribution in [2.75, 3.05) is 19.8 Å². The van der Waals surface area contributed by atoms with E-state index >= 15 is 0 Å². The van der Waals surface area contributed by atoms with E-state index in [0.29, 0.717) is 42.4 Å². The van der Waals surface area contributed by atoms with Gasteiger partial charge in [-0.1, -0.05) is 39.3 Å². The predicted octanol–water partition coefficient (Wildman–Crippen LogP) is -0.151. The normalized spacial score (nSPS) is 54.5. The van der Waals surface area contributed by atoms with Gasteiger partial charge in [-0.2, -0.15) is 0 Å². The number of hydrogen-bond acceptors (Lipinski definition) is 17. The van der Waals surface area contributed by atoms with Crippen molar-refractivity contribution in [3.05, 3.63) is 11.6 Å². The summed E-state index contributed by atoms with van der Waals surface area (Å²) in [5.41, 5.74) is 1.51. The fraction of sp³-hybridized carbons (Fsp3) is 0.956. The third-order valence-electron chi connectivity index (χ3n) is 17.3. The Labute approximate surface area is 364 Å². The summed E-state index contributed by atoms with van der Waals surface area (Å²) < 4.78 is 43.2. The number of fused-ring (bicyclic) bond motifs is 7. The van der Waals surface area contributed by atoms with Crippen LogP contribution in [0.15, 0.2) is 11.6 Å². The van der Waals surface area contributed by atoms with Gasteiger partial charge in [-0.15, -0.1) is 0 Å². The summed E-state index contributed by atoms with van der Waals surface area (Å²) >= 11 is 0. The van der Waals surface area contributed by atoms with Crippen LogP contribution >= 0.6 is 0 Å². The van der Waals surface area contributed by atoms with Crippen molar-refractivity contribution >= 4 is 0 Å². The number of hydrogen-bond donors (Lipinski definition) is 10. The lowest BCUT2D eigenvalue weighted by Crippen LogP contribution is -2.67. The van der Waals surface area contributed by atoms with E-state index in [1.165, 1.54) is 12.5 Å². The summed E-state index contributed by atoms with van der Waals surface area (Å²) in [7, 11) is 0. The van der Waals surface area contributed by atoms with Gasteiger partial charge in [0.05, 0.1) is 37.6 Å². The lowest BCUT2D eigenvalue weighted by molar-refractivity contribution is -0.389. The summed E-state index contributed by atoms with van der Waals surface area (Å²) in [6.45, 7) is 9.70. The van der Waals surface area contributed by atoms with E-state index in [1.807, 2.05) is 0 Å². The van der Waals surface area contributed by atoms with Crippen LogP contribution in [-0.4, -0.2) is 181 Å². The predicted molar refractivity (Wildman–Crippen MR) is 216 cm³/mol. The lowest BCUT2D eigenvalue weighted by Gasteiger charge is -2.58. The van der Waals surface area contributed by atoms with Crippen molar-refractivity contribution < 1.29 is 84.2 Å². The molecule has 0 spiro atoms. The first kappa shape index (κ1) is 47.5. The second-order valence-corrected chi connectivity index (χ2v) is 20.8. The molecule has 0 radical (unpaired) electrons. The van der Waals surface area contributed by atoms with Gasteiger partial charge in [0.15, 0.2) is 18.9 Å². The van der Waals surface area contributed by atoms with Gasteiger partial charge >= 0.3 is 0 Å². The van der Waals surface area contributed by atoms with Crippen LogP contribution in [0.2, 0.25) is 0 Å². The van der Waals surface area contributed by atoms with Gasteiger partial charge in [0.25, 0.3) is 0 Å². The molecule has 356 valence electrons. The van der Waals surface area contributed by atoms with E-state index < -0.39 is 105 Å². The van der Waals surface area contributed by atoms with Crippen molar-refractivity contribution in [2.45, 2.75) is 203 Å². The Morgan fingerprint density at radius 2 is 1.35 bits per heavy atom. The highest BCUT2D eigenvalue weighted by Gasteiger charge is 2.65. The molecule has 0 amide bonds. The zero-order chi connectivity index (χ0) is 44.6. The molecule has 4 aliphatic carbocycles. The Morgan fingerprint density at radius 3 is 2.05 bits per heavy atom. The van der Waals surface area contributed by atoms with Crippen molar-refractivity contribution in [3.63, 3.8) is 0 Å². The first-order chi connectivity index (χ1) is 29.4. The second kappa shape index (κ2) is 18.6. The van der Waals surface area contributed by atoms with Gasteiger partial charge < -0.3 is 84.2 Å². The molecule has 17 nitrogen and oxygen atoms in total. The maximum Gasteiger partial charge on any atom is 0.187 e. The number of aliphatic hydroxyl groups excluding tert-OH is 10. The molecule has 8 rings (SSSR count). The van der Waals surface area contributed by atoms with Crippen molar-refractivity contribution in [2.24, 2.45) is 46.3 Å². The van der Waals surface area contributed by atoms with Crippen molar-refractivity contribution in [1.82, 2.24) is 0 Å². The zero-order valence-corrected chi connectivity index (χ0v) is 36.7. The highest BCUT2D eigenvalue weighted by molar-refractivity contribution is 5.26. The molecule has 3 saturated carbocycles. The number of ether oxygens (including phenoxy) is 7. The quantitative estimate of drug-likeness (QED) is 0.114. The van der Waals surface area contributed by atoms with Gasteiger partial charge in [-0.3, -0.25) is 0 Å². The minimum atomic E-state index is -1.82. The molecule has 0 aromatic heterocycles. The van der Waals surface area contributed by atoms with E-state index in [9.17, 15) is 51.1 Å². The molecule has 17 heteroatoms. The summed E-state index contributed by atoms with van der Waals surface area (Å²) in [6, 6.07) is 0. The molecular weight excluding hydrogens is 812 g/mol. The molecule has 26 unspecified atom stereocenters. The van der Waals surface area contributed by atoms with E-state index in [4.69, 9.17) is 33.2 Å². The summed E-state index contributed by atoms with van der Waals surface area (Å²) in [6.07, 6.45) is -11.9. The van der Waals surface area contributed by atoms with Crippen LogP contribution in [-0.2, 0) is 33.2 Å². The van der Waals surface area contributed by atoms with Crippen molar-refractivity contribution in [1.29, 1.82) is 0 Å². The first-order valence-electron chi connectivity index (χ1n) is 23.3. The first-order valence-corrected chi connectivity index (χ1v) is 23.3. The maximum absolute atomic E-state index is 12.0. The molecule has 10 N–H and O–H groups in total. The minimum Gasteiger partial charge on any atom is -0.396 e. The molecular formula is C45H74O17. The Balaban J connectivity index is 0.980. The highest BCUT2D eigenvalue weighted by Crippen LogP contribution is 2.69. The number of rotatable bonds is 12. The molecule has 4 heterocycles. The smallest absolute Gasteiger partial charge is 0.187 e. The van der Waals surface area contributed by atoms with Gasteiger partial charge in [0.1, 0.15) is 67.1 Å². The van der Waals surface area contributed by atoms with Crippen molar-refractivity contribution in [3.8, 4) is 0 Å². The topological polar surface area (TPSA) is 267 Å². The van der Waals surface area contributed by atoms with Gasteiger partial charge in [-0.25, -0.2) is 0 Å². The van der Waals surface area contributed by atoms with Crippen LogP contribution in [0.4, 0.5) is 0 Å². The van der Waals surface area contributed by atoms with E-state index in [-0.39, 0.29) is 41.7 Å². The van der Waals surface area contributed by atoms with Crippen LogP contribution in [0.1, 0.15) is 92.4 Å². The largest absolute Gasteiger partial charge is 0.396 e. The van der Waals surface area contributed by atoms with E-state index in [0.717, 1.165) is 44.9 Å². The maximum atomic E-state index is 12.0. The summed E-state index contributed by atoms with van der Waals surface area (Å²) in [4.78, 5) is 0. The van der Waals surface area contributed by atoms with E-state index in [1.54, 1.807) is 0 Å². The standard InChI is InChI=1S/C45H74O17/c1-19(16-46)6-9-27-20(2)31-28(58-27)15-26-24-8-7-22-14-23(10-12-44(22,4)25(24)11-13-45(26,31)5)57-43-40(62-41-36(53)34(51)32(49)21(3)56-41)38(55)39(30(18-48)60-43)61-42-37(54)35(52)33(50)29(17-47)59-42/h7,19-21,23-43,46-55H,6,8-18H2,1-5H3. The number of aliphatic hydroxyl groups is 10. The van der Waals surface area contributed by atoms with Gasteiger partial charge in [-0.05, 0) is 111 Å². The molecule has 0 aromatic rings. The Kier molecular flexibility index (Phi) is 14.3. The molecule has 26 atom stereocenters. The third-order valence-corrected chi connectivity index (χ3v) is 17.3. The second-order valence-electron chi connectivity index (χ2n) is 20.8. The Bertz CT molecular complexity index is 1550. The molecule has 62 heavy (non-hydrogen) atoms.